The molecule has 1 fully saturated rings. The summed E-state index contributed by atoms with van der Waals surface area (Å²) in [5, 5.41) is 3.83. The van der Waals surface area contributed by atoms with Crippen LogP contribution >= 0.6 is 35.6 Å². The topological polar surface area (TPSA) is 83.5 Å². The summed E-state index contributed by atoms with van der Waals surface area (Å²) in [7, 11) is -1.59. The molecule has 2 rings (SSSR count). The lowest BCUT2D eigenvalue weighted by Crippen LogP contribution is -2.54. The monoisotopic (exact) mass is 574 g/mol. The minimum Gasteiger partial charge on any atom is -0.490 e. The first-order valence-electron chi connectivity index (χ1n) is 9.76. The predicted octanol–water partition coefficient (Wildman–Crippen LogP) is 2.28. The Balaban J connectivity index is 0.00000450. The van der Waals surface area contributed by atoms with E-state index in [2.05, 4.69) is 10.3 Å². The number of piperazine rings is 1. The van der Waals surface area contributed by atoms with Gasteiger partial charge in [-0.3, -0.25) is 4.99 Å². The maximum absolute atomic E-state index is 12.4. The molecule has 0 spiro atoms. The van der Waals surface area contributed by atoms with Crippen molar-refractivity contribution in [2.45, 2.75) is 20.0 Å². The van der Waals surface area contributed by atoms with E-state index >= 15 is 0 Å². The molecule has 0 bridgehead atoms. The second kappa shape index (κ2) is 13.6. The van der Waals surface area contributed by atoms with Crippen LogP contribution in [0.25, 0.3) is 0 Å². The molecule has 0 aromatic heterocycles. The minimum atomic E-state index is -3.30. The Bertz CT molecular complexity index is 772. The highest BCUT2D eigenvalue weighted by atomic mass is 127. The number of para-hydroxylation sites is 1. The second-order valence-electron chi connectivity index (χ2n) is 6.87. The second-order valence-corrected chi connectivity index (χ2v) is 9.37. The summed E-state index contributed by atoms with van der Waals surface area (Å²) in [5.41, 5.74) is 0. The van der Waals surface area contributed by atoms with Gasteiger partial charge in [0, 0.05) is 33.2 Å². The molecule has 172 valence electrons. The van der Waals surface area contributed by atoms with Gasteiger partial charge in [-0.1, -0.05) is 23.7 Å². The van der Waals surface area contributed by atoms with Gasteiger partial charge >= 0.3 is 0 Å². The van der Waals surface area contributed by atoms with E-state index in [-0.39, 0.29) is 42.4 Å². The van der Waals surface area contributed by atoms with Crippen LogP contribution in [0.2, 0.25) is 5.02 Å². The van der Waals surface area contributed by atoms with Crippen molar-refractivity contribution in [2.75, 3.05) is 58.7 Å². The van der Waals surface area contributed by atoms with Crippen molar-refractivity contribution >= 4 is 51.6 Å². The molecule has 1 aliphatic rings. The van der Waals surface area contributed by atoms with Crippen molar-refractivity contribution in [1.82, 2.24) is 14.5 Å². The normalized spacial score (nSPS) is 15.8. The molecular weight excluding hydrogens is 543 g/mol. The van der Waals surface area contributed by atoms with Crippen LogP contribution in [0.4, 0.5) is 0 Å². The van der Waals surface area contributed by atoms with Crippen molar-refractivity contribution in [3.63, 3.8) is 0 Å². The van der Waals surface area contributed by atoms with E-state index in [9.17, 15) is 8.42 Å². The number of guanidine groups is 1. The molecule has 0 radical (unpaired) electrons. The van der Waals surface area contributed by atoms with Crippen LogP contribution in [0.3, 0.4) is 0 Å². The van der Waals surface area contributed by atoms with Gasteiger partial charge in [-0.15, -0.1) is 24.0 Å². The Morgan fingerprint density at radius 2 is 1.87 bits per heavy atom. The van der Waals surface area contributed by atoms with E-state index in [0.717, 1.165) is 5.96 Å². The van der Waals surface area contributed by atoms with E-state index in [0.29, 0.717) is 50.1 Å². The van der Waals surface area contributed by atoms with Crippen LogP contribution in [0.5, 0.6) is 5.75 Å². The summed E-state index contributed by atoms with van der Waals surface area (Å²) in [6, 6.07) is 7.33. The molecule has 11 heteroatoms. The molecule has 0 amide bonds. The zero-order valence-corrected chi connectivity index (χ0v) is 21.6. The number of nitrogens with one attached hydrogen (secondary N) is 1. The number of benzene rings is 1. The first-order valence-corrected chi connectivity index (χ1v) is 11.7. The van der Waals surface area contributed by atoms with Gasteiger partial charge < -0.3 is 19.7 Å². The molecule has 1 aromatic rings. The molecule has 0 atom stereocenters. The van der Waals surface area contributed by atoms with Crippen LogP contribution in [-0.2, 0) is 14.8 Å². The maximum Gasteiger partial charge on any atom is 0.216 e. The Labute approximate surface area is 202 Å². The molecular formula is C19H32ClIN4O4S. The summed E-state index contributed by atoms with van der Waals surface area (Å²) < 4.78 is 37.5. The third-order valence-corrected chi connectivity index (χ3v) is 6.56. The van der Waals surface area contributed by atoms with E-state index < -0.39 is 10.0 Å². The average molecular weight is 575 g/mol. The van der Waals surface area contributed by atoms with E-state index in [1.54, 1.807) is 13.1 Å². The Hall–Kier alpha value is -0.820. The molecule has 1 N–H and O–H groups in total. The minimum absolute atomic E-state index is 0. The van der Waals surface area contributed by atoms with Crippen molar-refractivity contribution in [3.8, 4) is 5.75 Å². The van der Waals surface area contributed by atoms with Gasteiger partial charge in [0.1, 0.15) is 12.4 Å². The Morgan fingerprint density at radius 1 is 1.20 bits per heavy atom. The van der Waals surface area contributed by atoms with Gasteiger partial charge in [0.2, 0.25) is 10.0 Å². The predicted molar refractivity (Wildman–Crippen MR) is 132 cm³/mol. The van der Waals surface area contributed by atoms with Crippen molar-refractivity contribution in [2.24, 2.45) is 4.99 Å². The number of ether oxygens (including phenoxy) is 2. The smallest absolute Gasteiger partial charge is 0.216 e. The van der Waals surface area contributed by atoms with Gasteiger partial charge in [-0.05, 0) is 26.0 Å². The third-order valence-electron chi connectivity index (χ3n) is 4.42. The number of rotatable bonds is 9. The summed E-state index contributed by atoms with van der Waals surface area (Å²) in [6.07, 6.45) is 0.0262. The standard InChI is InChI=1S/C19H31ClN4O4S.HI/c1-16(2)27-14-15-29(25,26)24-11-9-23(10-12-24)19(21-3)22-8-13-28-18-7-5-4-6-17(18)20;/h4-7,16H,8-15H2,1-3H3,(H,21,22);1H. The van der Waals surface area contributed by atoms with Crippen molar-refractivity contribution in [1.29, 1.82) is 0 Å². The van der Waals surface area contributed by atoms with Crippen LogP contribution < -0.4 is 10.1 Å². The average Bonchev–Trinajstić information content (AvgIpc) is 2.69. The summed E-state index contributed by atoms with van der Waals surface area (Å²) in [5.74, 6) is 1.39. The van der Waals surface area contributed by atoms with Gasteiger partial charge in [-0.25, -0.2) is 8.42 Å². The highest BCUT2D eigenvalue weighted by molar-refractivity contribution is 14.0. The SMILES string of the molecule is CN=C(NCCOc1ccccc1Cl)N1CCN(S(=O)(=O)CCOC(C)C)CC1.I. The van der Waals surface area contributed by atoms with Crippen LogP contribution in [0.15, 0.2) is 29.3 Å². The molecule has 30 heavy (non-hydrogen) atoms. The molecule has 0 saturated carbocycles. The molecule has 0 unspecified atom stereocenters. The number of hydrogen-bond acceptors (Lipinski definition) is 5. The first kappa shape index (κ1) is 27.2. The Morgan fingerprint density at radius 3 is 2.47 bits per heavy atom. The zero-order chi connectivity index (χ0) is 21.3. The molecule has 1 aliphatic heterocycles. The van der Waals surface area contributed by atoms with Gasteiger partial charge in [0.15, 0.2) is 5.96 Å². The number of hydrogen-bond donors (Lipinski definition) is 1. The number of halogens is 2. The molecule has 1 heterocycles. The number of aliphatic imine (C=N–C) groups is 1. The lowest BCUT2D eigenvalue weighted by molar-refractivity contribution is 0.0904. The lowest BCUT2D eigenvalue weighted by Gasteiger charge is -2.35. The van der Waals surface area contributed by atoms with Gasteiger partial charge in [-0.2, -0.15) is 4.31 Å². The fraction of sp³-hybridized carbons (Fsp3) is 0.632. The largest absolute Gasteiger partial charge is 0.490 e. The highest BCUT2D eigenvalue weighted by Gasteiger charge is 2.27. The lowest BCUT2D eigenvalue weighted by atomic mass is 10.3. The number of sulfonamides is 1. The quantitative estimate of drug-likeness (QED) is 0.211. The molecule has 8 nitrogen and oxygen atoms in total. The molecule has 1 saturated heterocycles. The van der Waals surface area contributed by atoms with Crippen LogP contribution in [0.1, 0.15) is 13.8 Å². The molecule has 0 aliphatic carbocycles. The van der Waals surface area contributed by atoms with Gasteiger partial charge in [0.05, 0.1) is 30.0 Å². The fourth-order valence-electron chi connectivity index (χ4n) is 2.91. The zero-order valence-electron chi connectivity index (χ0n) is 17.7. The van der Waals surface area contributed by atoms with Gasteiger partial charge in [0.25, 0.3) is 0 Å². The maximum atomic E-state index is 12.4. The van der Waals surface area contributed by atoms with E-state index in [1.807, 2.05) is 36.9 Å². The number of nitrogens with zero attached hydrogens (tertiary/aromatic N) is 3. The van der Waals surface area contributed by atoms with Crippen LogP contribution in [0, 0.1) is 0 Å². The van der Waals surface area contributed by atoms with Crippen molar-refractivity contribution in [3.05, 3.63) is 29.3 Å². The third kappa shape index (κ3) is 8.74. The van der Waals surface area contributed by atoms with Crippen molar-refractivity contribution < 1.29 is 17.9 Å². The summed E-state index contributed by atoms with van der Waals surface area (Å²) >= 11 is 6.07. The van der Waals surface area contributed by atoms with Crippen LogP contribution in [-0.4, -0.2) is 88.4 Å². The fourth-order valence-corrected chi connectivity index (χ4v) is 4.39. The molecule has 1 aromatic carbocycles. The first-order chi connectivity index (χ1) is 13.8. The highest BCUT2D eigenvalue weighted by Crippen LogP contribution is 2.22. The summed E-state index contributed by atoms with van der Waals surface area (Å²) in [6.45, 7) is 7.02. The Kier molecular flexibility index (Phi) is 12.3. The summed E-state index contributed by atoms with van der Waals surface area (Å²) in [4.78, 5) is 6.34. The van der Waals surface area contributed by atoms with E-state index in [1.165, 1.54) is 4.31 Å². The van der Waals surface area contributed by atoms with E-state index in [4.69, 9.17) is 21.1 Å².